The minimum atomic E-state index is -8.72. The molecule has 3 nitrogen and oxygen atoms in total. The predicted octanol–water partition coefficient (Wildman–Crippen LogP) is 10.0. The Bertz CT molecular complexity index is 1370. The highest BCUT2D eigenvalue weighted by atomic mass is 35.5. The van der Waals surface area contributed by atoms with Crippen LogP contribution in [-0.2, 0) is 6.18 Å². The standard InChI is InChI=1S/C22H12ClF20N3/c23-13-45-8-11(9-2-4-10(5-3-9)15(26,27)28)12(46-13)44-7-1-6-14(24,25)16(29,30)17(31,32)18(33,34)19(35,36)20(37,38)21(39,40)22(41,42)43/h2-5,8H,1,6-7H2,(H,44,45,46). The van der Waals surface area contributed by atoms with Gasteiger partial charge in [-0.3, -0.25) is 0 Å². The van der Waals surface area contributed by atoms with E-state index >= 15 is 0 Å². The van der Waals surface area contributed by atoms with Gasteiger partial charge in [0.2, 0.25) is 5.28 Å². The molecule has 1 N–H and O–H groups in total. The molecule has 0 fully saturated rings. The third-order valence-electron chi connectivity index (χ3n) is 6.03. The Morgan fingerprint density at radius 2 is 1.02 bits per heavy atom. The number of alkyl halides is 20. The van der Waals surface area contributed by atoms with Crippen molar-refractivity contribution in [2.45, 2.75) is 66.7 Å². The van der Waals surface area contributed by atoms with Crippen LogP contribution in [0.2, 0.25) is 5.28 Å². The zero-order chi connectivity index (χ0) is 36.2. The summed E-state index contributed by atoms with van der Waals surface area (Å²) in [5.41, 5.74) is -1.48. The maximum atomic E-state index is 14.1. The molecule has 0 spiro atoms. The molecular weight excluding hydrogens is 722 g/mol. The number of aromatic nitrogens is 2. The molecule has 24 heteroatoms. The van der Waals surface area contributed by atoms with Gasteiger partial charge in [0.1, 0.15) is 5.82 Å². The molecule has 1 aromatic heterocycles. The fourth-order valence-corrected chi connectivity index (χ4v) is 3.55. The van der Waals surface area contributed by atoms with Gasteiger partial charge in [-0.15, -0.1) is 0 Å². The van der Waals surface area contributed by atoms with Gasteiger partial charge >= 0.3 is 53.8 Å². The third-order valence-corrected chi connectivity index (χ3v) is 6.21. The van der Waals surface area contributed by atoms with E-state index < -0.39 is 89.9 Å². The zero-order valence-electron chi connectivity index (χ0n) is 21.3. The molecule has 262 valence electrons. The normalized spacial score (nSPS) is 14.9. The van der Waals surface area contributed by atoms with Gasteiger partial charge in [0, 0.05) is 24.7 Å². The van der Waals surface area contributed by atoms with E-state index in [1.165, 1.54) is 0 Å². The number of halogens is 21. The number of benzene rings is 1. The highest BCUT2D eigenvalue weighted by Gasteiger charge is 2.95. The molecule has 2 aromatic rings. The van der Waals surface area contributed by atoms with Crippen LogP contribution in [-0.4, -0.2) is 64.1 Å². The number of rotatable bonds is 12. The monoisotopic (exact) mass is 733 g/mol. The fourth-order valence-electron chi connectivity index (χ4n) is 3.42. The van der Waals surface area contributed by atoms with Crippen molar-refractivity contribution in [2.75, 3.05) is 11.9 Å². The first-order valence-corrected chi connectivity index (χ1v) is 11.8. The van der Waals surface area contributed by atoms with Crippen molar-refractivity contribution in [3.05, 3.63) is 41.3 Å². The van der Waals surface area contributed by atoms with Crippen LogP contribution in [0, 0.1) is 0 Å². The first kappa shape index (κ1) is 39.2. The van der Waals surface area contributed by atoms with E-state index in [0.717, 1.165) is 18.3 Å². The smallest absolute Gasteiger partial charge is 0.369 e. The van der Waals surface area contributed by atoms with E-state index in [-0.39, 0.29) is 11.1 Å². The molecule has 0 bridgehead atoms. The number of hydrogen-bond donors (Lipinski definition) is 1. The molecule has 0 saturated carbocycles. The number of anilines is 1. The Balaban J connectivity index is 2.31. The second-order valence-electron chi connectivity index (χ2n) is 9.16. The van der Waals surface area contributed by atoms with Crippen molar-refractivity contribution in [2.24, 2.45) is 0 Å². The Morgan fingerprint density at radius 1 is 0.587 bits per heavy atom. The molecule has 1 aromatic carbocycles. The van der Waals surface area contributed by atoms with Crippen LogP contribution >= 0.6 is 11.6 Å². The van der Waals surface area contributed by atoms with Gasteiger partial charge in [-0.25, -0.2) is 9.97 Å². The van der Waals surface area contributed by atoms with Crippen molar-refractivity contribution in [3.63, 3.8) is 0 Å². The Hall–Kier alpha value is -3.01. The summed E-state index contributed by atoms with van der Waals surface area (Å²) >= 11 is 5.54. The first-order valence-electron chi connectivity index (χ1n) is 11.5. The van der Waals surface area contributed by atoms with Gasteiger partial charge in [0.05, 0.1) is 5.56 Å². The van der Waals surface area contributed by atoms with Crippen LogP contribution in [0.5, 0.6) is 0 Å². The van der Waals surface area contributed by atoms with E-state index in [1.807, 2.05) is 0 Å². The van der Waals surface area contributed by atoms with Crippen LogP contribution in [0.1, 0.15) is 18.4 Å². The first-order chi connectivity index (χ1) is 20.3. The highest BCUT2D eigenvalue weighted by molar-refractivity contribution is 6.28. The lowest BCUT2D eigenvalue weighted by Gasteiger charge is -2.42. The summed E-state index contributed by atoms with van der Waals surface area (Å²) in [6.45, 7) is -1.10. The lowest BCUT2D eigenvalue weighted by atomic mass is 9.88. The summed E-state index contributed by atoms with van der Waals surface area (Å²) in [4.78, 5) is 7.03. The molecule has 0 aliphatic carbocycles. The van der Waals surface area contributed by atoms with Gasteiger partial charge in [0.15, 0.2) is 0 Å². The SMILES string of the molecule is FC(F)(F)c1ccc(-c2cnc(Cl)nc2NCCCC(F)(F)C(F)(F)C(F)(F)C(F)(F)C(F)(F)C(F)(F)C(F)(F)C(F)(F)F)cc1. The van der Waals surface area contributed by atoms with Gasteiger partial charge in [-0.1, -0.05) is 12.1 Å². The number of nitrogens with one attached hydrogen (secondary N) is 1. The largest absolute Gasteiger partial charge is 0.460 e. The number of nitrogens with zero attached hydrogens (tertiary/aromatic N) is 2. The summed E-state index contributed by atoms with van der Waals surface area (Å²) in [6.07, 6.45) is -16.0. The molecule has 0 atom stereocenters. The van der Waals surface area contributed by atoms with Crippen molar-refractivity contribution in [1.82, 2.24) is 9.97 Å². The minimum absolute atomic E-state index is 0.111. The van der Waals surface area contributed by atoms with Crippen LogP contribution in [0.15, 0.2) is 30.5 Å². The van der Waals surface area contributed by atoms with Gasteiger partial charge in [0.25, 0.3) is 0 Å². The van der Waals surface area contributed by atoms with E-state index in [2.05, 4.69) is 15.3 Å². The molecule has 0 aliphatic rings. The van der Waals surface area contributed by atoms with Gasteiger partial charge < -0.3 is 5.32 Å². The quantitative estimate of drug-likeness (QED) is 0.134. The van der Waals surface area contributed by atoms with Crippen LogP contribution in [0.4, 0.5) is 93.6 Å². The zero-order valence-corrected chi connectivity index (χ0v) is 22.1. The topological polar surface area (TPSA) is 37.8 Å². The van der Waals surface area contributed by atoms with Crippen molar-refractivity contribution in [3.8, 4) is 11.1 Å². The Morgan fingerprint density at radius 3 is 1.46 bits per heavy atom. The highest BCUT2D eigenvalue weighted by Crippen LogP contribution is 2.64. The average Bonchev–Trinajstić information content (AvgIpc) is 2.89. The van der Waals surface area contributed by atoms with E-state index in [0.29, 0.717) is 12.1 Å². The van der Waals surface area contributed by atoms with Crippen molar-refractivity contribution in [1.29, 1.82) is 0 Å². The maximum Gasteiger partial charge on any atom is 0.460 e. The third kappa shape index (κ3) is 6.43. The fraction of sp³-hybridized carbons (Fsp3) is 0.545. The van der Waals surface area contributed by atoms with E-state index in [1.54, 1.807) is 0 Å². The Kier molecular flexibility index (Phi) is 10.1. The van der Waals surface area contributed by atoms with E-state index in [4.69, 9.17) is 11.6 Å². The minimum Gasteiger partial charge on any atom is -0.369 e. The molecule has 0 radical (unpaired) electrons. The van der Waals surface area contributed by atoms with Crippen LogP contribution in [0.25, 0.3) is 11.1 Å². The summed E-state index contributed by atoms with van der Waals surface area (Å²) in [6, 6.07) is 2.83. The van der Waals surface area contributed by atoms with Crippen LogP contribution in [0.3, 0.4) is 0 Å². The lowest BCUT2D eigenvalue weighted by molar-refractivity contribution is -0.461. The maximum absolute atomic E-state index is 14.1. The molecule has 1 heterocycles. The predicted molar refractivity (Wildman–Crippen MR) is 116 cm³/mol. The molecule has 0 saturated heterocycles. The molecule has 46 heavy (non-hydrogen) atoms. The van der Waals surface area contributed by atoms with Crippen molar-refractivity contribution >= 4 is 17.4 Å². The van der Waals surface area contributed by atoms with Gasteiger partial charge in [-0.2, -0.15) is 87.8 Å². The number of hydrogen-bond acceptors (Lipinski definition) is 3. The molecule has 0 aliphatic heterocycles. The Labute approximate surface area is 246 Å². The molecule has 2 rings (SSSR count). The lowest BCUT2D eigenvalue weighted by Crippen LogP contribution is -2.74. The summed E-state index contributed by atoms with van der Waals surface area (Å²) < 4.78 is 266. The summed E-state index contributed by atoms with van der Waals surface area (Å²) in [7, 11) is 0. The molecular formula is C22H12ClF20N3. The summed E-state index contributed by atoms with van der Waals surface area (Å²) in [5, 5.41) is 1.46. The van der Waals surface area contributed by atoms with Crippen molar-refractivity contribution < 1.29 is 87.8 Å². The molecule has 0 unspecified atom stereocenters. The second kappa shape index (κ2) is 11.9. The molecule has 0 amide bonds. The summed E-state index contributed by atoms with van der Waals surface area (Å²) in [5.74, 6) is -57.5. The van der Waals surface area contributed by atoms with E-state index in [9.17, 15) is 87.8 Å². The van der Waals surface area contributed by atoms with Crippen LogP contribution < -0.4 is 5.32 Å². The van der Waals surface area contributed by atoms with Gasteiger partial charge in [-0.05, 0) is 35.7 Å². The average molecular weight is 734 g/mol. The second-order valence-corrected chi connectivity index (χ2v) is 9.49.